The first-order chi connectivity index (χ1) is 11.1. The van der Waals surface area contributed by atoms with Crippen LogP contribution in [0.5, 0.6) is 5.75 Å². The Morgan fingerprint density at radius 2 is 1.87 bits per heavy atom. The summed E-state index contributed by atoms with van der Waals surface area (Å²) in [6.07, 6.45) is 0. The Bertz CT molecular complexity index is 626. The van der Waals surface area contributed by atoms with Crippen molar-refractivity contribution in [1.82, 2.24) is 5.32 Å². The van der Waals surface area contributed by atoms with E-state index in [0.29, 0.717) is 6.54 Å². The van der Waals surface area contributed by atoms with Crippen LogP contribution in [0.2, 0.25) is 0 Å². The highest BCUT2D eigenvalue weighted by molar-refractivity contribution is 7.98. The second kappa shape index (κ2) is 9.26. The first-order valence-electron chi connectivity index (χ1n) is 7.73. The lowest BCUT2D eigenvalue weighted by molar-refractivity contribution is -0.122. The van der Waals surface area contributed by atoms with Crippen LogP contribution in [0, 0.1) is 13.8 Å². The normalized spacial score (nSPS) is 10.3. The van der Waals surface area contributed by atoms with Crippen LogP contribution < -0.4 is 10.1 Å². The minimum atomic E-state index is -0.0811. The summed E-state index contributed by atoms with van der Waals surface area (Å²) in [5.41, 5.74) is 3.71. The average Bonchev–Trinajstić information content (AvgIpc) is 2.54. The summed E-state index contributed by atoms with van der Waals surface area (Å²) in [6.45, 7) is 4.81. The van der Waals surface area contributed by atoms with Crippen LogP contribution in [0.4, 0.5) is 0 Å². The summed E-state index contributed by atoms with van der Waals surface area (Å²) in [4.78, 5) is 11.7. The first kappa shape index (κ1) is 17.4. The molecule has 0 aliphatic carbocycles. The van der Waals surface area contributed by atoms with Crippen LogP contribution in [-0.4, -0.2) is 24.8 Å². The van der Waals surface area contributed by atoms with Crippen LogP contribution in [0.15, 0.2) is 48.5 Å². The fourth-order valence-electron chi connectivity index (χ4n) is 2.04. The van der Waals surface area contributed by atoms with Gasteiger partial charge in [0.1, 0.15) is 5.75 Å². The molecule has 122 valence electrons. The third-order valence-electron chi connectivity index (χ3n) is 3.32. The van der Waals surface area contributed by atoms with Gasteiger partial charge in [0, 0.05) is 18.1 Å². The third kappa shape index (κ3) is 6.78. The Kier molecular flexibility index (Phi) is 7.01. The number of aryl methyl sites for hydroxylation is 2. The van der Waals surface area contributed by atoms with Crippen molar-refractivity contribution in [2.24, 2.45) is 0 Å². The topological polar surface area (TPSA) is 38.3 Å². The number of benzene rings is 2. The molecule has 0 bridgehead atoms. The lowest BCUT2D eigenvalue weighted by atomic mass is 10.2. The molecule has 0 heterocycles. The molecule has 0 aliphatic heterocycles. The van der Waals surface area contributed by atoms with Gasteiger partial charge in [0.15, 0.2) is 6.61 Å². The van der Waals surface area contributed by atoms with Gasteiger partial charge in [-0.05, 0) is 37.1 Å². The summed E-state index contributed by atoms with van der Waals surface area (Å²) in [5.74, 6) is 2.51. The van der Waals surface area contributed by atoms with Crippen LogP contribution in [0.25, 0.3) is 0 Å². The standard InChI is InChI=1S/C19H23NO2S/c1-15-6-8-17(9-7-15)14-23-11-10-20-19(21)13-22-18-5-3-4-16(2)12-18/h3-9,12H,10-11,13-14H2,1-2H3,(H,20,21). The van der Waals surface area contributed by atoms with Gasteiger partial charge in [-0.2, -0.15) is 11.8 Å². The third-order valence-corrected chi connectivity index (χ3v) is 4.35. The fourth-order valence-corrected chi connectivity index (χ4v) is 2.86. The molecule has 1 N–H and O–H groups in total. The number of carbonyl (C=O) groups is 1. The molecule has 0 radical (unpaired) electrons. The summed E-state index contributed by atoms with van der Waals surface area (Å²) in [7, 11) is 0. The maximum absolute atomic E-state index is 11.7. The maximum Gasteiger partial charge on any atom is 0.257 e. The minimum absolute atomic E-state index is 0.0616. The number of thioether (sulfide) groups is 1. The van der Waals surface area contributed by atoms with E-state index < -0.39 is 0 Å². The number of carbonyl (C=O) groups excluding carboxylic acids is 1. The quantitative estimate of drug-likeness (QED) is 0.750. The molecule has 2 aromatic rings. The van der Waals surface area contributed by atoms with Gasteiger partial charge in [-0.3, -0.25) is 4.79 Å². The van der Waals surface area contributed by atoms with E-state index in [9.17, 15) is 4.79 Å². The van der Waals surface area contributed by atoms with Crippen molar-refractivity contribution in [2.45, 2.75) is 19.6 Å². The molecule has 0 saturated carbocycles. The summed E-state index contributed by atoms with van der Waals surface area (Å²) in [6, 6.07) is 16.2. The Hall–Kier alpha value is -1.94. The predicted octanol–water partition coefficient (Wildman–Crippen LogP) is 3.73. The highest BCUT2D eigenvalue weighted by atomic mass is 32.2. The number of hydrogen-bond acceptors (Lipinski definition) is 3. The number of rotatable bonds is 8. The number of hydrogen-bond donors (Lipinski definition) is 1. The van der Waals surface area contributed by atoms with Crippen molar-refractivity contribution in [3.8, 4) is 5.75 Å². The van der Waals surface area contributed by atoms with E-state index in [0.717, 1.165) is 22.8 Å². The van der Waals surface area contributed by atoms with Gasteiger partial charge < -0.3 is 10.1 Å². The SMILES string of the molecule is Cc1ccc(CSCCNC(=O)COc2cccc(C)c2)cc1. The summed E-state index contributed by atoms with van der Waals surface area (Å²) >= 11 is 1.82. The minimum Gasteiger partial charge on any atom is -0.484 e. The van der Waals surface area contributed by atoms with E-state index in [1.165, 1.54) is 11.1 Å². The Morgan fingerprint density at radius 1 is 1.09 bits per heavy atom. The van der Waals surface area contributed by atoms with Crippen molar-refractivity contribution in [1.29, 1.82) is 0 Å². The van der Waals surface area contributed by atoms with Crippen LogP contribution in [-0.2, 0) is 10.5 Å². The molecule has 2 aromatic carbocycles. The predicted molar refractivity (Wildman–Crippen MR) is 97.0 cm³/mol. The maximum atomic E-state index is 11.7. The molecule has 0 unspecified atom stereocenters. The molecule has 23 heavy (non-hydrogen) atoms. The molecule has 0 saturated heterocycles. The second-order valence-corrected chi connectivity index (χ2v) is 6.60. The van der Waals surface area contributed by atoms with Gasteiger partial charge in [0.2, 0.25) is 0 Å². The molecule has 1 amide bonds. The van der Waals surface area contributed by atoms with E-state index in [1.54, 1.807) is 0 Å². The lowest BCUT2D eigenvalue weighted by Gasteiger charge is -2.08. The number of ether oxygens (including phenoxy) is 1. The Morgan fingerprint density at radius 3 is 2.61 bits per heavy atom. The monoisotopic (exact) mass is 329 g/mol. The molecular formula is C19H23NO2S. The van der Waals surface area contributed by atoms with E-state index in [2.05, 4.69) is 36.5 Å². The molecule has 0 aromatic heterocycles. The van der Waals surface area contributed by atoms with E-state index in [1.807, 2.05) is 43.0 Å². The summed E-state index contributed by atoms with van der Waals surface area (Å²) < 4.78 is 5.47. The summed E-state index contributed by atoms with van der Waals surface area (Å²) in [5, 5.41) is 2.88. The van der Waals surface area contributed by atoms with Crippen molar-refractivity contribution >= 4 is 17.7 Å². The molecule has 3 nitrogen and oxygen atoms in total. The highest BCUT2D eigenvalue weighted by Gasteiger charge is 2.02. The number of nitrogens with one attached hydrogen (secondary N) is 1. The van der Waals surface area contributed by atoms with Gasteiger partial charge in [-0.1, -0.05) is 42.0 Å². The van der Waals surface area contributed by atoms with E-state index in [-0.39, 0.29) is 12.5 Å². The average molecular weight is 329 g/mol. The molecule has 0 spiro atoms. The van der Waals surface area contributed by atoms with Crippen LogP contribution >= 0.6 is 11.8 Å². The van der Waals surface area contributed by atoms with Crippen LogP contribution in [0.1, 0.15) is 16.7 Å². The second-order valence-electron chi connectivity index (χ2n) is 5.49. The van der Waals surface area contributed by atoms with Crippen LogP contribution in [0.3, 0.4) is 0 Å². The smallest absolute Gasteiger partial charge is 0.257 e. The molecule has 2 rings (SSSR count). The van der Waals surface area contributed by atoms with Gasteiger partial charge >= 0.3 is 0 Å². The molecule has 0 fully saturated rings. The fraction of sp³-hybridized carbons (Fsp3) is 0.316. The van der Waals surface area contributed by atoms with Crippen molar-refractivity contribution < 1.29 is 9.53 Å². The molecule has 0 atom stereocenters. The number of amides is 1. The van der Waals surface area contributed by atoms with E-state index >= 15 is 0 Å². The van der Waals surface area contributed by atoms with Gasteiger partial charge in [0.25, 0.3) is 5.91 Å². The van der Waals surface area contributed by atoms with Crippen molar-refractivity contribution in [2.75, 3.05) is 18.9 Å². The first-order valence-corrected chi connectivity index (χ1v) is 8.88. The Labute approximate surface area is 142 Å². The molecule has 4 heteroatoms. The molecular weight excluding hydrogens is 306 g/mol. The Balaban J connectivity index is 1.57. The van der Waals surface area contributed by atoms with Crippen molar-refractivity contribution in [3.05, 3.63) is 65.2 Å². The van der Waals surface area contributed by atoms with E-state index in [4.69, 9.17) is 4.74 Å². The largest absolute Gasteiger partial charge is 0.484 e. The molecule has 0 aliphatic rings. The highest BCUT2D eigenvalue weighted by Crippen LogP contribution is 2.13. The van der Waals surface area contributed by atoms with Crippen molar-refractivity contribution in [3.63, 3.8) is 0 Å². The van der Waals surface area contributed by atoms with Gasteiger partial charge in [-0.25, -0.2) is 0 Å². The zero-order chi connectivity index (χ0) is 16.5. The zero-order valence-corrected chi connectivity index (χ0v) is 14.5. The lowest BCUT2D eigenvalue weighted by Crippen LogP contribution is -2.30. The van der Waals surface area contributed by atoms with Gasteiger partial charge in [-0.15, -0.1) is 0 Å². The zero-order valence-electron chi connectivity index (χ0n) is 13.7. The van der Waals surface area contributed by atoms with Gasteiger partial charge in [0.05, 0.1) is 0 Å².